The van der Waals surface area contributed by atoms with Crippen LogP contribution in [-0.4, -0.2) is 46.0 Å². The normalized spacial score (nSPS) is 32.4. The molecule has 1 aromatic carbocycles. The van der Waals surface area contributed by atoms with Crippen molar-refractivity contribution in [3.05, 3.63) is 29.8 Å². The molecule has 7 heteroatoms. The smallest absolute Gasteiger partial charge is 0.247 e. The first-order valence-electron chi connectivity index (χ1n) is 9.00. The summed E-state index contributed by atoms with van der Waals surface area (Å²) in [6, 6.07) is 5.72. The molecule has 3 aliphatic rings. The zero-order valence-corrected chi connectivity index (χ0v) is 15.1. The lowest BCUT2D eigenvalue weighted by Crippen LogP contribution is -2.66. The first kappa shape index (κ1) is 17.0. The Kier molecular flexibility index (Phi) is 3.63. The number of amides is 3. The second-order valence-electron chi connectivity index (χ2n) is 7.86. The zero-order valence-electron chi connectivity index (χ0n) is 15.1. The minimum atomic E-state index is -1.44. The molecule has 0 spiro atoms. The molecule has 26 heavy (non-hydrogen) atoms. The van der Waals surface area contributed by atoms with E-state index in [1.165, 1.54) is 16.7 Å². The quantitative estimate of drug-likeness (QED) is 0.816. The van der Waals surface area contributed by atoms with Crippen molar-refractivity contribution in [2.24, 2.45) is 5.92 Å². The van der Waals surface area contributed by atoms with Crippen molar-refractivity contribution >= 4 is 23.4 Å². The number of carbonyl (C=O) groups is 3. The number of hydrogen-bond donors (Lipinski definition) is 2. The third-order valence-electron chi connectivity index (χ3n) is 5.62. The second-order valence-corrected chi connectivity index (χ2v) is 7.86. The highest BCUT2D eigenvalue weighted by Crippen LogP contribution is 2.53. The van der Waals surface area contributed by atoms with Gasteiger partial charge >= 0.3 is 0 Å². The Balaban J connectivity index is 1.82. The number of aliphatic hydroxyl groups is 1. The molecular formula is C19H23N3O4. The minimum Gasteiger partial charge on any atom is -0.381 e. The Hall–Kier alpha value is -2.41. The molecule has 0 radical (unpaired) electrons. The van der Waals surface area contributed by atoms with Crippen molar-refractivity contribution in [2.75, 3.05) is 4.90 Å². The van der Waals surface area contributed by atoms with Crippen molar-refractivity contribution in [3.8, 4) is 0 Å². The number of rotatable bonds is 2. The molecule has 2 N–H and O–H groups in total. The van der Waals surface area contributed by atoms with E-state index in [4.69, 9.17) is 0 Å². The molecule has 4 rings (SSSR count). The molecule has 0 aliphatic carbocycles. The van der Waals surface area contributed by atoms with Crippen LogP contribution in [0.4, 0.5) is 5.69 Å². The van der Waals surface area contributed by atoms with Gasteiger partial charge in [-0.3, -0.25) is 19.3 Å². The Morgan fingerprint density at radius 2 is 2.04 bits per heavy atom. The van der Waals surface area contributed by atoms with Crippen molar-refractivity contribution in [1.82, 2.24) is 10.2 Å². The van der Waals surface area contributed by atoms with Gasteiger partial charge in [0, 0.05) is 18.9 Å². The van der Waals surface area contributed by atoms with Gasteiger partial charge in [0.15, 0.2) is 0 Å². The van der Waals surface area contributed by atoms with E-state index in [-0.39, 0.29) is 30.1 Å². The number of para-hydroxylation sites is 1. The van der Waals surface area contributed by atoms with Gasteiger partial charge in [0.1, 0.15) is 23.9 Å². The van der Waals surface area contributed by atoms with Gasteiger partial charge in [-0.2, -0.15) is 0 Å². The first-order chi connectivity index (χ1) is 12.3. The van der Waals surface area contributed by atoms with Gasteiger partial charge < -0.3 is 15.3 Å². The van der Waals surface area contributed by atoms with Crippen LogP contribution < -0.4 is 10.2 Å². The highest BCUT2D eigenvalue weighted by atomic mass is 16.3. The van der Waals surface area contributed by atoms with Crippen LogP contribution in [0.1, 0.15) is 39.2 Å². The Bertz CT molecular complexity index is 808. The van der Waals surface area contributed by atoms with E-state index in [9.17, 15) is 19.5 Å². The van der Waals surface area contributed by atoms with Crippen molar-refractivity contribution in [2.45, 2.75) is 57.5 Å². The van der Waals surface area contributed by atoms with Crippen LogP contribution in [0, 0.1) is 5.92 Å². The second kappa shape index (κ2) is 5.54. The predicted octanol–water partition coefficient (Wildman–Crippen LogP) is 0.712. The number of anilines is 1. The fourth-order valence-electron chi connectivity index (χ4n) is 4.64. The van der Waals surface area contributed by atoms with Crippen molar-refractivity contribution < 1.29 is 19.5 Å². The van der Waals surface area contributed by atoms with Crippen LogP contribution in [0.5, 0.6) is 0 Å². The maximum atomic E-state index is 13.2. The van der Waals surface area contributed by atoms with E-state index >= 15 is 0 Å². The molecule has 0 saturated carbocycles. The van der Waals surface area contributed by atoms with Crippen LogP contribution >= 0.6 is 0 Å². The van der Waals surface area contributed by atoms with Crippen molar-refractivity contribution in [3.63, 3.8) is 0 Å². The SMILES string of the molecule is CC(=O)N1c2ccccc2[C@]2(O)C[C@H]3C(=O)N[C@@H](CC(C)C)C(=O)N3[C@H]12. The number of carbonyl (C=O) groups excluding carboxylic acids is 3. The summed E-state index contributed by atoms with van der Waals surface area (Å²) in [7, 11) is 0. The van der Waals surface area contributed by atoms with Crippen molar-refractivity contribution in [1.29, 1.82) is 0 Å². The molecule has 7 nitrogen and oxygen atoms in total. The van der Waals surface area contributed by atoms with E-state index in [0.29, 0.717) is 17.7 Å². The fourth-order valence-corrected chi connectivity index (χ4v) is 4.64. The van der Waals surface area contributed by atoms with Crippen LogP contribution in [0.3, 0.4) is 0 Å². The molecule has 1 aromatic rings. The molecule has 138 valence electrons. The molecule has 0 bridgehead atoms. The van der Waals surface area contributed by atoms with Gasteiger partial charge in [0.2, 0.25) is 17.7 Å². The molecule has 2 fully saturated rings. The summed E-state index contributed by atoms with van der Waals surface area (Å²) in [5.41, 5.74) is -0.243. The molecule has 3 aliphatic heterocycles. The standard InChI is InChI=1S/C19H23N3O4/c1-10(2)8-13-17(25)22-15(16(24)20-13)9-19(26)12-6-4-5-7-14(12)21(11(3)23)18(19)22/h4-7,10,13,15,18,26H,8-9H2,1-3H3,(H,20,24)/t13-,15-,18-,19+/m0/s1. The Labute approximate surface area is 152 Å². The number of nitrogens with zero attached hydrogens (tertiary/aromatic N) is 2. The summed E-state index contributed by atoms with van der Waals surface area (Å²) in [5, 5.41) is 14.3. The number of piperazine rings is 1. The van der Waals surface area contributed by atoms with E-state index in [2.05, 4.69) is 5.32 Å². The highest BCUT2D eigenvalue weighted by Gasteiger charge is 2.65. The van der Waals surface area contributed by atoms with Crippen LogP contribution in [0.2, 0.25) is 0 Å². The average Bonchev–Trinajstić information content (AvgIpc) is 3.00. The van der Waals surface area contributed by atoms with Gasteiger partial charge in [0.25, 0.3) is 0 Å². The average molecular weight is 357 g/mol. The lowest BCUT2D eigenvalue weighted by Gasteiger charge is -2.41. The third kappa shape index (κ3) is 2.13. The summed E-state index contributed by atoms with van der Waals surface area (Å²) in [5.74, 6) is -0.535. The first-order valence-corrected chi connectivity index (χ1v) is 9.00. The zero-order chi connectivity index (χ0) is 18.8. The lowest BCUT2D eigenvalue weighted by atomic mass is 9.91. The molecule has 3 amide bonds. The van der Waals surface area contributed by atoms with E-state index in [1.807, 2.05) is 13.8 Å². The lowest BCUT2D eigenvalue weighted by molar-refractivity contribution is -0.150. The summed E-state index contributed by atoms with van der Waals surface area (Å²) in [6.45, 7) is 5.38. The van der Waals surface area contributed by atoms with Gasteiger partial charge in [-0.25, -0.2) is 0 Å². The van der Waals surface area contributed by atoms with Gasteiger partial charge in [-0.1, -0.05) is 32.0 Å². The molecule has 4 atom stereocenters. The van der Waals surface area contributed by atoms with Crippen LogP contribution in [0.15, 0.2) is 24.3 Å². The number of benzene rings is 1. The van der Waals surface area contributed by atoms with Gasteiger partial charge in [-0.15, -0.1) is 0 Å². The third-order valence-corrected chi connectivity index (χ3v) is 5.62. The molecule has 2 saturated heterocycles. The summed E-state index contributed by atoms with van der Waals surface area (Å²) in [6.07, 6.45) is -0.272. The maximum absolute atomic E-state index is 13.2. The van der Waals surface area contributed by atoms with E-state index in [1.54, 1.807) is 24.3 Å². The van der Waals surface area contributed by atoms with Crippen LogP contribution in [0.25, 0.3) is 0 Å². The maximum Gasteiger partial charge on any atom is 0.247 e. The molecule has 3 heterocycles. The summed E-state index contributed by atoms with van der Waals surface area (Å²) >= 11 is 0. The molecule has 0 unspecified atom stereocenters. The van der Waals surface area contributed by atoms with Gasteiger partial charge in [-0.05, 0) is 18.4 Å². The highest BCUT2D eigenvalue weighted by molar-refractivity contribution is 6.02. The summed E-state index contributed by atoms with van der Waals surface area (Å²) < 4.78 is 0. The number of hydrogen-bond acceptors (Lipinski definition) is 4. The van der Waals surface area contributed by atoms with Crippen LogP contribution in [-0.2, 0) is 20.0 Å². The Morgan fingerprint density at radius 3 is 2.69 bits per heavy atom. The largest absolute Gasteiger partial charge is 0.381 e. The topological polar surface area (TPSA) is 90.0 Å². The fraction of sp³-hybridized carbons (Fsp3) is 0.526. The number of fused-ring (bicyclic) bond motifs is 5. The Morgan fingerprint density at radius 1 is 1.35 bits per heavy atom. The monoisotopic (exact) mass is 357 g/mol. The number of nitrogens with one attached hydrogen (secondary N) is 1. The van der Waals surface area contributed by atoms with E-state index in [0.717, 1.165) is 0 Å². The minimum absolute atomic E-state index is 0.0877. The summed E-state index contributed by atoms with van der Waals surface area (Å²) in [4.78, 5) is 41.1. The molecule has 0 aromatic heterocycles. The molecular weight excluding hydrogens is 334 g/mol. The van der Waals surface area contributed by atoms with E-state index < -0.39 is 23.9 Å². The predicted molar refractivity (Wildman–Crippen MR) is 93.9 cm³/mol. The van der Waals surface area contributed by atoms with Gasteiger partial charge in [0.05, 0.1) is 5.69 Å².